The van der Waals surface area contributed by atoms with Crippen LogP contribution in [0.2, 0.25) is 5.02 Å². The van der Waals surface area contributed by atoms with Gasteiger partial charge in [0.2, 0.25) is 6.23 Å². The Morgan fingerprint density at radius 3 is 2.45 bits per heavy atom. The Morgan fingerprint density at radius 2 is 1.95 bits per heavy atom. The third kappa shape index (κ3) is 3.11. The summed E-state index contributed by atoms with van der Waals surface area (Å²) < 4.78 is 7.44. The van der Waals surface area contributed by atoms with Crippen molar-refractivity contribution in [2.75, 3.05) is 0 Å². The standard InChI is InChI=1S/C14H18ClN3O2/c1-3-14(19,4-2)13(18-10-16-9-17-18)20-12-7-5-11(15)6-8-12/h5-10,13,19H,3-4H2,1-2H3. The topological polar surface area (TPSA) is 60.2 Å². The van der Waals surface area contributed by atoms with Gasteiger partial charge in [0.05, 0.1) is 0 Å². The van der Waals surface area contributed by atoms with Gasteiger partial charge in [0.15, 0.2) is 0 Å². The van der Waals surface area contributed by atoms with Gasteiger partial charge in [-0.15, -0.1) is 0 Å². The van der Waals surface area contributed by atoms with E-state index in [-0.39, 0.29) is 0 Å². The highest BCUT2D eigenvalue weighted by atomic mass is 35.5. The highest BCUT2D eigenvalue weighted by Gasteiger charge is 2.37. The van der Waals surface area contributed by atoms with Gasteiger partial charge >= 0.3 is 0 Å². The zero-order valence-corrected chi connectivity index (χ0v) is 12.3. The first-order valence-electron chi connectivity index (χ1n) is 6.57. The SMILES string of the molecule is CCC(O)(CC)C(Oc1ccc(Cl)cc1)n1cncn1. The van der Waals surface area contributed by atoms with E-state index in [1.165, 1.54) is 17.3 Å². The van der Waals surface area contributed by atoms with E-state index in [2.05, 4.69) is 10.1 Å². The van der Waals surface area contributed by atoms with Crippen molar-refractivity contribution < 1.29 is 9.84 Å². The van der Waals surface area contributed by atoms with Crippen LogP contribution in [0.5, 0.6) is 5.75 Å². The van der Waals surface area contributed by atoms with Crippen molar-refractivity contribution >= 4 is 11.6 Å². The molecule has 1 unspecified atom stereocenters. The maximum absolute atomic E-state index is 10.7. The monoisotopic (exact) mass is 295 g/mol. The van der Waals surface area contributed by atoms with Gasteiger partial charge in [0, 0.05) is 5.02 Å². The van der Waals surface area contributed by atoms with Crippen LogP contribution in [-0.2, 0) is 0 Å². The number of nitrogens with zero attached hydrogens (tertiary/aromatic N) is 3. The lowest BCUT2D eigenvalue weighted by atomic mass is 9.95. The van der Waals surface area contributed by atoms with Crippen molar-refractivity contribution in [2.45, 2.75) is 38.5 Å². The average molecular weight is 296 g/mol. The number of benzene rings is 1. The van der Waals surface area contributed by atoms with E-state index in [9.17, 15) is 5.11 Å². The van der Waals surface area contributed by atoms with Gasteiger partial charge in [-0.05, 0) is 37.1 Å². The zero-order chi connectivity index (χ0) is 14.6. The molecule has 1 atom stereocenters. The fourth-order valence-electron chi connectivity index (χ4n) is 1.99. The molecule has 2 rings (SSSR count). The Morgan fingerprint density at radius 1 is 1.30 bits per heavy atom. The van der Waals surface area contributed by atoms with Gasteiger partial charge in [-0.3, -0.25) is 0 Å². The van der Waals surface area contributed by atoms with Crippen LogP contribution < -0.4 is 4.74 Å². The van der Waals surface area contributed by atoms with Gasteiger partial charge in [0.25, 0.3) is 0 Å². The Kier molecular flexibility index (Phi) is 4.62. The molecule has 0 saturated heterocycles. The number of aromatic nitrogens is 3. The van der Waals surface area contributed by atoms with Crippen LogP contribution in [0.4, 0.5) is 0 Å². The van der Waals surface area contributed by atoms with Gasteiger partial charge < -0.3 is 9.84 Å². The largest absolute Gasteiger partial charge is 0.466 e. The van der Waals surface area contributed by atoms with Crippen molar-refractivity contribution in [3.05, 3.63) is 41.9 Å². The lowest BCUT2D eigenvalue weighted by molar-refractivity contribution is -0.109. The Balaban J connectivity index is 2.30. The van der Waals surface area contributed by atoms with Crippen molar-refractivity contribution in [3.63, 3.8) is 0 Å². The van der Waals surface area contributed by atoms with Gasteiger partial charge in [0.1, 0.15) is 24.0 Å². The predicted molar refractivity (Wildman–Crippen MR) is 76.7 cm³/mol. The van der Waals surface area contributed by atoms with E-state index in [4.69, 9.17) is 16.3 Å². The quantitative estimate of drug-likeness (QED) is 0.890. The molecule has 20 heavy (non-hydrogen) atoms. The molecule has 0 bridgehead atoms. The number of ether oxygens (including phenoxy) is 1. The van der Waals surface area contributed by atoms with E-state index < -0.39 is 11.8 Å². The number of hydrogen-bond donors (Lipinski definition) is 1. The molecule has 5 nitrogen and oxygen atoms in total. The number of aliphatic hydroxyl groups is 1. The molecule has 0 aliphatic rings. The minimum atomic E-state index is -1.02. The second-order valence-electron chi connectivity index (χ2n) is 4.61. The first-order chi connectivity index (χ1) is 9.59. The molecule has 0 saturated carbocycles. The first kappa shape index (κ1) is 14.8. The summed E-state index contributed by atoms with van der Waals surface area (Å²) in [5.74, 6) is 0.621. The number of halogens is 1. The molecule has 2 aromatic rings. The van der Waals surface area contributed by atoms with E-state index >= 15 is 0 Å². The lowest BCUT2D eigenvalue weighted by Crippen LogP contribution is -2.42. The minimum Gasteiger partial charge on any atom is -0.466 e. The molecule has 0 fully saturated rings. The van der Waals surface area contributed by atoms with Gasteiger partial charge in [-0.1, -0.05) is 25.4 Å². The number of hydrogen-bond acceptors (Lipinski definition) is 4. The summed E-state index contributed by atoms with van der Waals surface area (Å²) in [5.41, 5.74) is -1.02. The van der Waals surface area contributed by atoms with Gasteiger partial charge in [-0.25, -0.2) is 9.67 Å². The third-order valence-corrected chi connectivity index (χ3v) is 3.67. The van der Waals surface area contributed by atoms with Crippen LogP contribution >= 0.6 is 11.6 Å². The molecule has 0 amide bonds. The first-order valence-corrected chi connectivity index (χ1v) is 6.95. The highest BCUT2D eigenvalue weighted by molar-refractivity contribution is 6.30. The molecule has 0 aliphatic heterocycles. The molecular weight excluding hydrogens is 278 g/mol. The smallest absolute Gasteiger partial charge is 0.221 e. The van der Waals surface area contributed by atoms with Crippen molar-refractivity contribution in [1.29, 1.82) is 0 Å². The molecule has 6 heteroatoms. The van der Waals surface area contributed by atoms with Crippen LogP contribution in [0.1, 0.15) is 32.9 Å². The molecule has 0 spiro atoms. The molecule has 1 N–H and O–H groups in total. The minimum absolute atomic E-state index is 0.543. The summed E-state index contributed by atoms with van der Waals surface area (Å²) >= 11 is 5.86. The fourth-order valence-corrected chi connectivity index (χ4v) is 2.12. The summed E-state index contributed by atoms with van der Waals surface area (Å²) in [6.07, 6.45) is 3.41. The normalized spacial score (nSPS) is 13.2. The summed E-state index contributed by atoms with van der Waals surface area (Å²) in [5, 5.41) is 15.5. The number of rotatable bonds is 6. The third-order valence-electron chi connectivity index (χ3n) is 3.42. The Hall–Kier alpha value is -1.59. The van der Waals surface area contributed by atoms with Crippen molar-refractivity contribution in [3.8, 4) is 5.75 Å². The molecule has 1 aromatic heterocycles. The van der Waals surface area contributed by atoms with E-state index in [0.717, 1.165) is 0 Å². The lowest BCUT2D eigenvalue weighted by Gasteiger charge is -2.34. The Labute approximate surface area is 123 Å². The fraction of sp³-hybridized carbons (Fsp3) is 0.429. The van der Waals surface area contributed by atoms with Crippen molar-refractivity contribution in [1.82, 2.24) is 14.8 Å². The Bertz CT molecular complexity index is 524. The molecule has 108 valence electrons. The summed E-state index contributed by atoms with van der Waals surface area (Å²) in [6, 6.07) is 7.01. The predicted octanol–water partition coefficient (Wildman–Crippen LogP) is 3.06. The summed E-state index contributed by atoms with van der Waals surface area (Å²) in [4.78, 5) is 3.92. The summed E-state index contributed by atoms with van der Waals surface area (Å²) in [6.45, 7) is 3.83. The molecule has 0 aliphatic carbocycles. The van der Waals surface area contributed by atoms with E-state index in [0.29, 0.717) is 23.6 Å². The second kappa shape index (κ2) is 6.24. The van der Waals surface area contributed by atoms with Gasteiger partial charge in [-0.2, -0.15) is 5.10 Å². The highest BCUT2D eigenvalue weighted by Crippen LogP contribution is 2.31. The van der Waals surface area contributed by atoms with Crippen LogP contribution in [0, 0.1) is 0 Å². The average Bonchev–Trinajstić information content (AvgIpc) is 2.99. The van der Waals surface area contributed by atoms with Crippen LogP contribution in [0.25, 0.3) is 0 Å². The molecule has 0 radical (unpaired) electrons. The van der Waals surface area contributed by atoms with E-state index in [1.54, 1.807) is 24.3 Å². The molecule has 1 aromatic carbocycles. The van der Waals surface area contributed by atoms with Crippen LogP contribution in [0.15, 0.2) is 36.9 Å². The van der Waals surface area contributed by atoms with Crippen LogP contribution in [0.3, 0.4) is 0 Å². The van der Waals surface area contributed by atoms with Crippen LogP contribution in [-0.4, -0.2) is 25.5 Å². The second-order valence-corrected chi connectivity index (χ2v) is 5.05. The molecular formula is C14H18ClN3O2. The molecule has 1 heterocycles. The van der Waals surface area contributed by atoms with Crippen molar-refractivity contribution in [2.24, 2.45) is 0 Å². The maximum atomic E-state index is 10.7. The van der Waals surface area contributed by atoms with E-state index in [1.807, 2.05) is 13.8 Å². The summed E-state index contributed by atoms with van der Waals surface area (Å²) in [7, 11) is 0. The maximum Gasteiger partial charge on any atom is 0.221 e. The zero-order valence-electron chi connectivity index (χ0n) is 11.5.